The highest BCUT2D eigenvalue weighted by Crippen LogP contribution is 1.94. The number of hydrogen-bond donors (Lipinski definition) is 3. The van der Waals surface area contributed by atoms with Gasteiger partial charge in [-0.05, 0) is 25.1 Å². The fourth-order valence-corrected chi connectivity index (χ4v) is 0.975. The van der Waals surface area contributed by atoms with Crippen LogP contribution < -0.4 is 11.1 Å². The molecule has 1 aromatic carbocycles. The summed E-state index contributed by atoms with van der Waals surface area (Å²) in [6, 6.07) is 8.76. The molecule has 0 aliphatic heterocycles. The van der Waals surface area contributed by atoms with Gasteiger partial charge in [0.25, 0.3) is 0 Å². The van der Waals surface area contributed by atoms with Gasteiger partial charge in [0.15, 0.2) is 0 Å². The molecule has 0 fully saturated rings. The summed E-state index contributed by atoms with van der Waals surface area (Å²) in [5.41, 5.74) is 5.53. The van der Waals surface area contributed by atoms with Gasteiger partial charge in [-0.15, -0.1) is 0 Å². The van der Waals surface area contributed by atoms with Crippen molar-refractivity contribution in [3.8, 4) is 0 Å². The molecule has 0 unspecified atom stereocenters. The zero-order valence-corrected chi connectivity index (χ0v) is 9.85. The summed E-state index contributed by atoms with van der Waals surface area (Å²) in [6.45, 7) is 2.86. The van der Waals surface area contributed by atoms with Gasteiger partial charge in [0.2, 0.25) is 5.91 Å². The molecule has 0 heterocycles. The fraction of sp³-hybridized carbons (Fsp3) is 0.333. The van der Waals surface area contributed by atoms with Gasteiger partial charge in [-0.25, -0.2) is 0 Å². The maximum atomic E-state index is 10.4. The van der Waals surface area contributed by atoms with Gasteiger partial charge in [0, 0.05) is 5.56 Å². The lowest BCUT2D eigenvalue weighted by Gasteiger charge is -1.94. The van der Waals surface area contributed by atoms with Crippen molar-refractivity contribution in [2.75, 3.05) is 13.1 Å². The van der Waals surface area contributed by atoms with Crippen LogP contribution in [0.5, 0.6) is 0 Å². The second-order valence-corrected chi connectivity index (χ2v) is 3.30. The van der Waals surface area contributed by atoms with E-state index in [2.05, 4.69) is 5.32 Å². The van der Waals surface area contributed by atoms with Gasteiger partial charge in [-0.1, -0.05) is 25.1 Å². The number of carboxylic acids is 1. The number of benzene rings is 1. The van der Waals surface area contributed by atoms with E-state index in [1.807, 2.05) is 13.0 Å². The number of hydrogen-bond acceptors (Lipinski definition) is 3. The van der Waals surface area contributed by atoms with E-state index in [4.69, 9.17) is 10.8 Å². The summed E-state index contributed by atoms with van der Waals surface area (Å²) in [4.78, 5) is 20.2. The van der Waals surface area contributed by atoms with Crippen molar-refractivity contribution in [3.63, 3.8) is 0 Å². The average Bonchev–Trinajstić information content (AvgIpc) is 2.31. The minimum Gasteiger partial charge on any atom is -0.480 e. The Hall–Kier alpha value is -1.88. The number of amides is 1. The summed E-state index contributed by atoms with van der Waals surface area (Å²) < 4.78 is 0. The molecule has 1 aromatic rings. The molecule has 0 aliphatic carbocycles. The molecule has 5 heteroatoms. The van der Waals surface area contributed by atoms with Gasteiger partial charge in [0.1, 0.15) is 0 Å². The van der Waals surface area contributed by atoms with Crippen molar-refractivity contribution >= 4 is 11.9 Å². The van der Waals surface area contributed by atoms with Crippen molar-refractivity contribution in [2.45, 2.75) is 13.3 Å². The van der Waals surface area contributed by atoms with Gasteiger partial charge in [-0.2, -0.15) is 0 Å². The molecular formula is C12H18N2O3. The molecular weight excluding hydrogens is 220 g/mol. The smallest absolute Gasteiger partial charge is 0.317 e. The fourth-order valence-electron chi connectivity index (χ4n) is 0.975. The minimum atomic E-state index is -0.793. The molecule has 4 N–H and O–H groups in total. The number of carboxylic acid groups (broad SMARTS) is 1. The lowest BCUT2D eigenvalue weighted by atomic mass is 10.2. The molecule has 94 valence electrons. The van der Waals surface area contributed by atoms with Crippen molar-refractivity contribution in [2.24, 2.45) is 5.73 Å². The van der Waals surface area contributed by atoms with E-state index in [0.29, 0.717) is 5.56 Å². The first-order valence-electron chi connectivity index (χ1n) is 5.35. The third kappa shape index (κ3) is 9.07. The van der Waals surface area contributed by atoms with Crippen LogP contribution in [0.3, 0.4) is 0 Å². The Balaban J connectivity index is 0.000000304. The van der Waals surface area contributed by atoms with E-state index in [-0.39, 0.29) is 12.5 Å². The first kappa shape index (κ1) is 15.1. The number of nitrogens with two attached hydrogens (primary N) is 1. The number of nitrogens with one attached hydrogen (secondary N) is 1. The number of carbonyl (C=O) groups excluding carboxylic acids is 1. The Bertz CT molecular complexity index is 339. The van der Waals surface area contributed by atoms with E-state index in [1.54, 1.807) is 24.3 Å². The van der Waals surface area contributed by atoms with Crippen LogP contribution in [-0.2, 0) is 4.79 Å². The zero-order valence-electron chi connectivity index (χ0n) is 9.85. The Morgan fingerprint density at radius 1 is 1.29 bits per heavy atom. The van der Waals surface area contributed by atoms with Gasteiger partial charge >= 0.3 is 5.97 Å². The van der Waals surface area contributed by atoms with Gasteiger partial charge < -0.3 is 16.2 Å². The van der Waals surface area contributed by atoms with Crippen LogP contribution in [0.4, 0.5) is 0 Å². The predicted octanol–water partition coefficient (Wildman–Crippen LogP) is 0.856. The van der Waals surface area contributed by atoms with E-state index in [1.165, 1.54) is 0 Å². The highest BCUT2D eigenvalue weighted by atomic mass is 16.4. The molecule has 0 aromatic heterocycles. The summed E-state index contributed by atoms with van der Waals surface area (Å²) in [5.74, 6) is -1.17. The number of carbonyl (C=O) groups is 2. The molecule has 0 saturated carbocycles. The van der Waals surface area contributed by atoms with Crippen LogP contribution >= 0.6 is 0 Å². The van der Waals surface area contributed by atoms with Crippen LogP contribution in [0.15, 0.2) is 30.3 Å². The second kappa shape index (κ2) is 9.35. The maximum absolute atomic E-state index is 10.4. The van der Waals surface area contributed by atoms with E-state index in [0.717, 1.165) is 13.0 Å². The molecule has 0 bridgehead atoms. The zero-order chi connectivity index (χ0) is 13.1. The molecule has 0 atom stereocenters. The van der Waals surface area contributed by atoms with Crippen LogP contribution in [0.25, 0.3) is 0 Å². The van der Waals surface area contributed by atoms with Crippen molar-refractivity contribution in [1.82, 2.24) is 5.32 Å². The van der Waals surface area contributed by atoms with Gasteiger partial charge in [-0.3, -0.25) is 9.59 Å². The van der Waals surface area contributed by atoms with Crippen LogP contribution in [0, 0.1) is 0 Å². The summed E-state index contributed by atoms with van der Waals surface area (Å²) >= 11 is 0. The van der Waals surface area contributed by atoms with Crippen LogP contribution in [0.2, 0.25) is 0 Å². The number of rotatable bonds is 5. The second-order valence-electron chi connectivity index (χ2n) is 3.30. The predicted molar refractivity (Wildman–Crippen MR) is 65.8 cm³/mol. The van der Waals surface area contributed by atoms with Crippen molar-refractivity contribution in [3.05, 3.63) is 35.9 Å². The lowest BCUT2D eigenvalue weighted by Crippen LogP contribution is -2.22. The Labute approximate surface area is 101 Å². The molecule has 0 saturated heterocycles. The SMILES string of the molecule is CCCNCC(=O)O.NC(=O)c1ccccc1. The molecule has 1 rings (SSSR count). The van der Waals surface area contributed by atoms with Crippen LogP contribution in [0.1, 0.15) is 23.7 Å². The standard InChI is InChI=1S/C7H7NO.C5H11NO2/c8-7(9)6-4-2-1-3-5-6;1-2-3-6-4-5(7)8/h1-5H,(H2,8,9);6H,2-4H2,1H3,(H,7,8). The average molecular weight is 238 g/mol. The van der Waals surface area contributed by atoms with Crippen LogP contribution in [-0.4, -0.2) is 30.1 Å². The number of aliphatic carboxylic acids is 1. The first-order chi connectivity index (χ1) is 8.07. The monoisotopic (exact) mass is 238 g/mol. The largest absolute Gasteiger partial charge is 0.480 e. The molecule has 17 heavy (non-hydrogen) atoms. The summed E-state index contributed by atoms with van der Waals surface area (Å²) in [5, 5.41) is 10.8. The Kier molecular flexibility index (Phi) is 8.32. The Morgan fingerprint density at radius 3 is 2.24 bits per heavy atom. The Morgan fingerprint density at radius 2 is 1.88 bits per heavy atom. The summed E-state index contributed by atoms with van der Waals surface area (Å²) in [6.07, 6.45) is 0.979. The third-order valence-electron chi connectivity index (χ3n) is 1.76. The molecule has 1 amide bonds. The van der Waals surface area contributed by atoms with Crippen molar-refractivity contribution < 1.29 is 14.7 Å². The van der Waals surface area contributed by atoms with E-state index in [9.17, 15) is 9.59 Å². The van der Waals surface area contributed by atoms with E-state index < -0.39 is 5.97 Å². The van der Waals surface area contributed by atoms with Crippen molar-refractivity contribution in [1.29, 1.82) is 0 Å². The quantitative estimate of drug-likeness (QED) is 0.663. The topological polar surface area (TPSA) is 92.4 Å². The molecule has 0 aliphatic rings. The highest BCUT2D eigenvalue weighted by molar-refractivity contribution is 5.92. The molecule has 5 nitrogen and oxygen atoms in total. The maximum Gasteiger partial charge on any atom is 0.317 e. The summed E-state index contributed by atoms with van der Waals surface area (Å²) in [7, 11) is 0. The molecule has 0 radical (unpaired) electrons. The van der Waals surface area contributed by atoms with E-state index >= 15 is 0 Å². The van der Waals surface area contributed by atoms with Gasteiger partial charge in [0.05, 0.1) is 6.54 Å². The normalized spacial score (nSPS) is 9.00. The highest BCUT2D eigenvalue weighted by Gasteiger charge is 1.93. The third-order valence-corrected chi connectivity index (χ3v) is 1.76. The first-order valence-corrected chi connectivity index (χ1v) is 5.35. The minimum absolute atomic E-state index is 0.0772. The lowest BCUT2D eigenvalue weighted by molar-refractivity contribution is -0.135. The molecule has 0 spiro atoms. The number of primary amides is 1.